The van der Waals surface area contributed by atoms with Crippen molar-refractivity contribution in [2.75, 3.05) is 19.5 Å². The molecule has 0 saturated heterocycles. The number of halogens is 1. The summed E-state index contributed by atoms with van der Waals surface area (Å²) in [6, 6.07) is 11.4. The number of hydrogen-bond donors (Lipinski definition) is 1. The van der Waals surface area contributed by atoms with Gasteiger partial charge >= 0.3 is 0 Å². The smallest absolute Gasteiger partial charge is 0.257 e. The lowest BCUT2D eigenvalue weighted by Gasteiger charge is -2.14. The number of rotatable bonds is 6. The van der Waals surface area contributed by atoms with Crippen LogP contribution in [0.15, 0.2) is 48.7 Å². The molecule has 1 N–H and O–H groups in total. The number of methoxy groups -OCH3 is 2. The van der Waals surface area contributed by atoms with Gasteiger partial charge in [-0.15, -0.1) is 0 Å². The third kappa shape index (κ3) is 3.92. The van der Waals surface area contributed by atoms with E-state index in [2.05, 4.69) is 10.4 Å². The third-order valence-electron chi connectivity index (χ3n) is 4.21. The van der Waals surface area contributed by atoms with E-state index in [9.17, 15) is 9.18 Å². The number of hydrogen-bond acceptors (Lipinski definition) is 4. The highest BCUT2D eigenvalue weighted by atomic mass is 19.1. The number of nitrogens with one attached hydrogen (secondary N) is 1. The van der Waals surface area contributed by atoms with Crippen molar-refractivity contribution in [3.63, 3.8) is 0 Å². The van der Waals surface area contributed by atoms with E-state index in [0.717, 1.165) is 5.56 Å². The largest absolute Gasteiger partial charge is 0.493 e. The van der Waals surface area contributed by atoms with Gasteiger partial charge in [-0.05, 0) is 30.7 Å². The van der Waals surface area contributed by atoms with Crippen molar-refractivity contribution < 1.29 is 18.7 Å². The summed E-state index contributed by atoms with van der Waals surface area (Å²) < 4.78 is 25.9. The van der Waals surface area contributed by atoms with Crippen LogP contribution in [0.3, 0.4) is 0 Å². The van der Waals surface area contributed by atoms with Crippen LogP contribution in [0, 0.1) is 12.7 Å². The summed E-state index contributed by atoms with van der Waals surface area (Å²) in [5.41, 5.74) is 1.81. The second kappa shape index (κ2) is 7.90. The average molecular weight is 369 g/mol. The highest BCUT2D eigenvalue weighted by molar-refractivity contribution is 6.04. The van der Waals surface area contributed by atoms with Gasteiger partial charge in [0.25, 0.3) is 5.91 Å². The Labute approximate surface area is 156 Å². The van der Waals surface area contributed by atoms with E-state index in [-0.39, 0.29) is 5.56 Å². The molecule has 0 radical (unpaired) electrons. The lowest BCUT2D eigenvalue weighted by atomic mass is 10.1. The summed E-state index contributed by atoms with van der Waals surface area (Å²) in [4.78, 5) is 12.5. The minimum absolute atomic E-state index is 0.279. The number of carbonyl (C=O) groups excluding carboxylic acids is 1. The predicted octanol–water partition coefficient (Wildman–Crippen LogP) is 3.65. The van der Waals surface area contributed by atoms with Crippen LogP contribution in [0.25, 0.3) is 0 Å². The number of para-hydroxylation sites is 1. The summed E-state index contributed by atoms with van der Waals surface area (Å²) in [7, 11) is 3.14. The minimum atomic E-state index is -0.458. The quantitative estimate of drug-likeness (QED) is 0.720. The molecule has 0 atom stereocenters. The molecule has 1 aromatic heterocycles. The summed E-state index contributed by atoms with van der Waals surface area (Å²) in [5.74, 6) is 0.858. The predicted molar refractivity (Wildman–Crippen MR) is 100.0 cm³/mol. The lowest BCUT2D eigenvalue weighted by Crippen LogP contribution is -2.17. The van der Waals surface area contributed by atoms with Gasteiger partial charge < -0.3 is 14.8 Å². The van der Waals surface area contributed by atoms with E-state index in [0.29, 0.717) is 29.4 Å². The molecule has 7 heteroatoms. The Bertz CT molecular complexity index is 969. The molecule has 1 amide bonds. The molecule has 27 heavy (non-hydrogen) atoms. The molecule has 2 aromatic carbocycles. The molecule has 0 aliphatic carbocycles. The first-order valence-electron chi connectivity index (χ1n) is 8.32. The fraction of sp³-hybridized carbons (Fsp3) is 0.200. The lowest BCUT2D eigenvalue weighted by molar-refractivity contribution is 0.102. The highest BCUT2D eigenvalue weighted by Gasteiger charge is 2.15. The van der Waals surface area contributed by atoms with Gasteiger partial charge in [0.1, 0.15) is 11.6 Å². The maximum absolute atomic E-state index is 13.5. The number of aryl methyl sites for hydroxylation is 1. The van der Waals surface area contributed by atoms with Crippen LogP contribution in [0.2, 0.25) is 0 Å². The van der Waals surface area contributed by atoms with Gasteiger partial charge in [0.2, 0.25) is 0 Å². The summed E-state index contributed by atoms with van der Waals surface area (Å²) in [6.07, 6.45) is 1.58. The van der Waals surface area contributed by atoms with Gasteiger partial charge in [0.15, 0.2) is 11.5 Å². The molecule has 6 nitrogen and oxygen atoms in total. The van der Waals surface area contributed by atoms with Gasteiger partial charge in [0.05, 0.1) is 27.0 Å². The summed E-state index contributed by atoms with van der Waals surface area (Å²) >= 11 is 0. The molecule has 0 saturated carbocycles. The van der Waals surface area contributed by atoms with Gasteiger partial charge in [-0.25, -0.2) is 9.07 Å². The molecule has 3 aromatic rings. The molecule has 140 valence electrons. The van der Waals surface area contributed by atoms with Crippen molar-refractivity contribution in [3.05, 3.63) is 71.2 Å². The van der Waals surface area contributed by atoms with Gasteiger partial charge in [-0.2, -0.15) is 5.10 Å². The van der Waals surface area contributed by atoms with E-state index >= 15 is 0 Å². The Morgan fingerprint density at radius 1 is 1.19 bits per heavy atom. The van der Waals surface area contributed by atoms with E-state index in [1.165, 1.54) is 12.1 Å². The SMILES string of the molecule is COc1cccc(Cn2nccc2NC(=O)c2cc(F)ccc2C)c1OC. The Balaban J connectivity index is 1.85. The monoisotopic (exact) mass is 369 g/mol. The molecule has 0 fully saturated rings. The topological polar surface area (TPSA) is 65.4 Å². The Hall–Kier alpha value is -3.35. The van der Waals surface area contributed by atoms with Crippen LogP contribution < -0.4 is 14.8 Å². The average Bonchev–Trinajstić information content (AvgIpc) is 3.09. The number of carbonyl (C=O) groups is 1. The van der Waals surface area contributed by atoms with Crippen LogP contribution in [0.5, 0.6) is 11.5 Å². The van der Waals surface area contributed by atoms with Gasteiger partial charge in [0, 0.05) is 17.2 Å². The van der Waals surface area contributed by atoms with Crippen molar-refractivity contribution in [1.82, 2.24) is 9.78 Å². The zero-order valence-corrected chi connectivity index (χ0v) is 15.3. The molecule has 0 bridgehead atoms. The fourth-order valence-corrected chi connectivity index (χ4v) is 2.83. The molecule has 0 spiro atoms. The second-order valence-electron chi connectivity index (χ2n) is 5.94. The molecule has 0 unspecified atom stereocenters. The van der Waals surface area contributed by atoms with E-state index in [1.54, 1.807) is 50.2 Å². The van der Waals surface area contributed by atoms with Crippen LogP contribution in [-0.2, 0) is 6.54 Å². The summed E-state index contributed by atoms with van der Waals surface area (Å²) in [5, 5.41) is 7.04. The van der Waals surface area contributed by atoms with Crippen LogP contribution >= 0.6 is 0 Å². The van der Waals surface area contributed by atoms with E-state index in [4.69, 9.17) is 9.47 Å². The van der Waals surface area contributed by atoms with Crippen LogP contribution in [0.4, 0.5) is 10.2 Å². The van der Waals surface area contributed by atoms with Crippen molar-refractivity contribution in [3.8, 4) is 11.5 Å². The second-order valence-corrected chi connectivity index (χ2v) is 5.94. The molecule has 0 aliphatic rings. The number of anilines is 1. The minimum Gasteiger partial charge on any atom is -0.493 e. The highest BCUT2D eigenvalue weighted by Crippen LogP contribution is 2.31. The summed E-state index contributed by atoms with van der Waals surface area (Å²) in [6.45, 7) is 2.12. The molecule has 0 aliphatic heterocycles. The van der Waals surface area contributed by atoms with E-state index in [1.807, 2.05) is 12.1 Å². The number of amides is 1. The Morgan fingerprint density at radius 2 is 2.00 bits per heavy atom. The Morgan fingerprint density at radius 3 is 2.74 bits per heavy atom. The van der Waals surface area contributed by atoms with Crippen molar-refractivity contribution in [2.24, 2.45) is 0 Å². The normalized spacial score (nSPS) is 10.5. The zero-order chi connectivity index (χ0) is 19.4. The van der Waals surface area contributed by atoms with Crippen molar-refractivity contribution in [1.29, 1.82) is 0 Å². The first-order chi connectivity index (χ1) is 13.0. The van der Waals surface area contributed by atoms with Crippen LogP contribution in [-0.4, -0.2) is 29.9 Å². The zero-order valence-electron chi connectivity index (χ0n) is 15.3. The standard InChI is InChI=1S/C20H20FN3O3/c1-13-7-8-15(21)11-16(13)20(25)23-18-9-10-22-24(18)12-14-5-4-6-17(26-2)19(14)27-3/h4-11H,12H2,1-3H3,(H,23,25). The van der Waals surface area contributed by atoms with E-state index < -0.39 is 11.7 Å². The van der Waals surface area contributed by atoms with Gasteiger partial charge in [-0.3, -0.25) is 4.79 Å². The first kappa shape index (κ1) is 18.4. The maximum Gasteiger partial charge on any atom is 0.257 e. The Kier molecular flexibility index (Phi) is 5.40. The number of nitrogens with zero attached hydrogens (tertiary/aromatic N) is 2. The third-order valence-corrected chi connectivity index (χ3v) is 4.21. The van der Waals surface area contributed by atoms with Crippen molar-refractivity contribution in [2.45, 2.75) is 13.5 Å². The molecule has 3 rings (SSSR count). The number of aromatic nitrogens is 2. The van der Waals surface area contributed by atoms with Crippen LogP contribution in [0.1, 0.15) is 21.5 Å². The first-order valence-corrected chi connectivity index (χ1v) is 8.32. The number of benzene rings is 2. The molecular formula is C20H20FN3O3. The number of ether oxygens (including phenoxy) is 2. The fourth-order valence-electron chi connectivity index (χ4n) is 2.83. The molecule has 1 heterocycles. The maximum atomic E-state index is 13.5. The van der Waals surface area contributed by atoms with Crippen molar-refractivity contribution >= 4 is 11.7 Å². The van der Waals surface area contributed by atoms with Gasteiger partial charge in [-0.1, -0.05) is 18.2 Å². The molecular weight excluding hydrogens is 349 g/mol.